The fourth-order valence-electron chi connectivity index (χ4n) is 3.90. The highest BCUT2D eigenvalue weighted by Gasteiger charge is 2.24. The molecule has 0 saturated heterocycles. The molecule has 3 aromatic rings. The summed E-state index contributed by atoms with van der Waals surface area (Å²) < 4.78 is 4.09. The molecule has 0 bridgehead atoms. The topological polar surface area (TPSA) is 48.5 Å². The average Bonchev–Trinajstić information content (AvgIpc) is 3.17. The number of aromatic nitrogens is 5. The minimum atomic E-state index is 0.197. The SMILES string of the molecule is CCCCCCCCC(c1c(C)nn(C)c1C)n1nnc2ccccc21. The maximum absolute atomic E-state index is 4.65. The maximum Gasteiger partial charge on any atom is 0.113 e. The molecule has 0 aliphatic rings. The predicted octanol–water partition coefficient (Wildman–Crippen LogP) is 5.12. The standard InChI is InChI=1S/C21H31N5/c1-5-6-7-8-9-10-15-20(21-16(2)23-25(4)17(21)3)26-19-14-12-11-13-18(19)22-24-26/h11-14,20H,5-10,15H2,1-4H3. The summed E-state index contributed by atoms with van der Waals surface area (Å²) in [5, 5.41) is 13.6. The molecule has 2 heterocycles. The van der Waals surface area contributed by atoms with Gasteiger partial charge in [0, 0.05) is 18.3 Å². The molecule has 0 N–H and O–H groups in total. The molecular formula is C21H31N5. The molecule has 0 saturated carbocycles. The number of rotatable bonds is 9. The van der Waals surface area contributed by atoms with Crippen molar-refractivity contribution in [1.29, 1.82) is 0 Å². The molecule has 1 aromatic carbocycles. The van der Waals surface area contributed by atoms with Gasteiger partial charge in [0.15, 0.2) is 0 Å². The lowest BCUT2D eigenvalue weighted by atomic mass is 9.98. The van der Waals surface area contributed by atoms with Crippen molar-refractivity contribution in [2.75, 3.05) is 0 Å². The summed E-state index contributed by atoms with van der Waals surface area (Å²) in [5.41, 5.74) is 5.68. The first-order valence-corrected chi connectivity index (χ1v) is 9.93. The van der Waals surface area contributed by atoms with Gasteiger partial charge in [-0.3, -0.25) is 4.68 Å². The van der Waals surface area contributed by atoms with Crippen molar-refractivity contribution in [3.05, 3.63) is 41.2 Å². The molecule has 1 unspecified atom stereocenters. The molecule has 0 fully saturated rings. The number of nitrogens with zero attached hydrogens (tertiary/aromatic N) is 5. The van der Waals surface area contributed by atoms with Gasteiger partial charge in [0.05, 0.1) is 17.3 Å². The fraction of sp³-hybridized carbons (Fsp3) is 0.571. The summed E-state index contributed by atoms with van der Waals surface area (Å²) in [5.74, 6) is 0. The first-order valence-electron chi connectivity index (χ1n) is 9.93. The molecule has 5 nitrogen and oxygen atoms in total. The Hall–Kier alpha value is -2.17. The monoisotopic (exact) mass is 353 g/mol. The molecule has 0 amide bonds. The van der Waals surface area contributed by atoms with Crippen LogP contribution in [0, 0.1) is 13.8 Å². The van der Waals surface area contributed by atoms with E-state index in [0.29, 0.717) is 0 Å². The van der Waals surface area contributed by atoms with E-state index >= 15 is 0 Å². The van der Waals surface area contributed by atoms with Crippen LogP contribution in [0.2, 0.25) is 0 Å². The quantitative estimate of drug-likeness (QED) is 0.502. The van der Waals surface area contributed by atoms with Crippen LogP contribution >= 0.6 is 0 Å². The highest BCUT2D eigenvalue weighted by molar-refractivity contribution is 5.74. The number of benzene rings is 1. The zero-order chi connectivity index (χ0) is 18.5. The number of hydrogen-bond acceptors (Lipinski definition) is 3. The van der Waals surface area contributed by atoms with Gasteiger partial charge in [-0.05, 0) is 32.4 Å². The number of hydrogen-bond donors (Lipinski definition) is 0. The van der Waals surface area contributed by atoms with E-state index in [1.807, 2.05) is 23.9 Å². The van der Waals surface area contributed by atoms with Gasteiger partial charge >= 0.3 is 0 Å². The van der Waals surface area contributed by atoms with E-state index in [-0.39, 0.29) is 6.04 Å². The van der Waals surface area contributed by atoms with Crippen molar-refractivity contribution in [3.63, 3.8) is 0 Å². The Morgan fingerprint density at radius 2 is 1.73 bits per heavy atom. The smallest absolute Gasteiger partial charge is 0.113 e. The molecule has 0 spiro atoms. The summed E-state index contributed by atoms with van der Waals surface area (Å²) in [6.45, 7) is 6.53. The lowest BCUT2D eigenvalue weighted by molar-refractivity contribution is 0.455. The van der Waals surface area contributed by atoms with Crippen molar-refractivity contribution < 1.29 is 0 Å². The summed E-state index contributed by atoms with van der Waals surface area (Å²) in [6, 6.07) is 8.42. The molecule has 2 aromatic heterocycles. The van der Waals surface area contributed by atoms with Crippen molar-refractivity contribution in [2.45, 2.75) is 71.8 Å². The van der Waals surface area contributed by atoms with Crippen LogP contribution in [0.1, 0.15) is 74.9 Å². The van der Waals surface area contributed by atoms with Gasteiger partial charge in [0.1, 0.15) is 5.52 Å². The Balaban J connectivity index is 1.87. The van der Waals surface area contributed by atoms with Gasteiger partial charge in [0.25, 0.3) is 0 Å². The van der Waals surface area contributed by atoms with E-state index in [1.165, 1.54) is 49.8 Å². The summed E-state index contributed by atoms with van der Waals surface area (Å²) in [7, 11) is 2.02. The molecule has 26 heavy (non-hydrogen) atoms. The molecule has 0 aliphatic heterocycles. The van der Waals surface area contributed by atoms with Gasteiger partial charge in [-0.15, -0.1) is 5.10 Å². The Kier molecular flexibility index (Phi) is 6.07. The molecule has 3 rings (SSSR count). The van der Waals surface area contributed by atoms with Gasteiger partial charge in [-0.1, -0.05) is 62.8 Å². The van der Waals surface area contributed by atoms with Crippen LogP contribution < -0.4 is 0 Å². The van der Waals surface area contributed by atoms with Crippen LogP contribution in [-0.4, -0.2) is 24.8 Å². The third-order valence-corrected chi connectivity index (χ3v) is 5.40. The van der Waals surface area contributed by atoms with Crippen LogP contribution in [0.3, 0.4) is 0 Å². The largest absolute Gasteiger partial charge is 0.272 e. The van der Waals surface area contributed by atoms with Crippen molar-refractivity contribution in [2.24, 2.45) is 7.05 Å². The Labute approximate surface area is 156 Å². The summed E-state index contributed by atoms with van der Waals surface area (Å²) in [4.78, 5) is 0. The first kappa shape index (κ1) is 18.6. The second-order valence-corrected chi connectivity index (χ2v) is 7.30. The lowest BCUT2D eigenvalue weighted by Crippen LogP contribution is -2.14. The molecule has 5 heteroatoms. The highest BCUT2D eigenvalue weighted by atomic mass is 15.4. The van der Waals surface area contributed by atoms with Crippen LogP contribution in [-0.2, 0) is 7.05 Å². The first-order chi connectivity index (χ1) is 12.6. The normalized spacial score (nSPS) is 12.8. The minimum absolute atomic E-state index is 0.197. The van der Waals surface area contributed by atoms with Gasteiger partial charge in [-0.25, -0.2) is 4.68 Å². The predicted molar refractivity (Wildman–Crippen MR) is 106 cm³/mol. The number of aryl methyl sites for hydroxylation is 2. The minimum Gasteiger partial charge on any atom is -0.272 e. The van der Waals surface area contributed by atoms with E-state index in [9.17, 15) is 0 Å². The maximum atomic E-state index is 4.65. The average molecular weight is 354 g/mol. The molecule has 0 aliphatic carbocycles. The lowest BCUT2D eigenvalue weighted by Gasteiger charge is -2.19. The number of unbranched alkanes of at least 4 members (excludes halogenated alkanes) is 5. The zero-order valence-corrected chi connectivity index (χ0v) is 16.6. The Morgan fingerprint density at radius 1 is 1.00 bits per heavy atom. The fourth-order valence-corrected chi connectivity index (χ4v) is 3.90. The summed E-state index contributed by atoms with van der Waals surface area (Å²) >= 11 is 0. The second kappa shape index (κ2) is 8.47. The van der Waals surface area contributed by atoms with Crippen molar-refractivity contribution >= 4 is 11.0 Å². The van der Waals surface area contributed by atoms with E-state index in [4.69, 9.17) is 0 Å². The molecule has 0 radical (unpaired) electrons. The van der Waals surface area contributed by atoms with E-state index in [2.05, 4.69) is 53.0 Å². The van der Waals surface area contributed by atoms with Crippen LogP contribution in [0.4, 0.5) is 0 Å². The molecule has 1 atom stereocenters. The summed E-state index contributed by atoms with van der Waals surface area (Å²) in [6.07, 6.45) is 8.87. The third-order valence-electron chi connectivity index (χ3n) is 5.40. The number of para-hydroxylation sites is 1. The van der Waals surface area contributed by atoms with Crippen LogP contribution in [0.5, 0.6) is 0 Å². The Bertz CT molecular complexity index is 845. The second-order valence-electron chi connectivity index (χ2n) is 7.30. The zero-order valence-electron chi connectivity index (χ0n) is 16.6. The number of fused-ring (bicyclic) bond motifs is 1. The van der Waals surface area contributed by atoms with Crippen molar-refractivity contribution in [3.8, 4) is 0 Å². The Morgan fingerprint density at radius 3 is 2.46 bits per heavy atom. The van der Waals surface area contributed by atoms with Gasteiger partial charge < -0.3 is 0 Å². The van der Waals surface area contributed by atoms with Crippen LogP contribution in [0.15, 0.2) is 24.3 Å². The van der Waals surface area contributed by atoms with Gasteiger partial charge in [0.2, 0.25) is 0 Å². The van der Waals surface area contributed by atoms with E-state index in [0.717, 1.165) is 23.1 Å². The van der Waals surface area contributed by atoms with Crippen LogP contribution in [0.25, 0.3) is 11.0 Å². The van der Waals surface area contributed by atoms with E-state index < -0.39 is 0 Å². The highest BCUT2D eigenvalue weighted by Crippen LogP contribution is 2.31. The third kappa shape index (κ3) is 3.81. The molecule has 140 valence electrons. The molecular weight excluding hydrogens is 322 g/mol. The van der Waals surface area contributed by atoms with Crippen molar-refractivity contribution in [1.82, 2.24) is 24.8 Å². The van der Waals surface area contributed by atoms with E-state index in [1.54, 1.807) is 0 Å². The van der Waals surface area contributed by atoms with Gasteiger partial charge in [-0.2, -0.15) is 5.10 Å².